The smallest absolute Gasteiger partial charge is 0.244 e. The Bertz CT molecular complexity index is 630. The first-order valence-electron chi connectivity index (χ1n) is 8.12. The molecular weight excluding hydrogens is 330 g/mol. The minimum atomic E-state index is -0.774. The summed E-state index contributed by atoms with van der Waals surface area (Å²) in [5.41, 5.74) is 6.75. The first kappa shape index (κ1) is 18.5. The highest BCUT2D eigenvalue weighted by molar-refractivity contribution is 6.00. The molecular formula is C17H24ClN3O3. The number of halogens is 1. The summed E-state index contributed by atoms with van der Waals surface area (Å²) in [5, 5.41) is 2.90. The van der Waals surface area contributed by atoms with Crippen molar-refractivity contribution in [1.82, 2.24) is 0 Å². The number of nitrogens with two attached hydrogens (primary N) is 1. The Kier molecular flexibility index (Phi) is 5.72. The average molecular weight is 354 g/mol. The fourth-order valence-corrected chi connectivity index (χ4v) is 3.37. The molecule has 0 spiro atoms. The highest BCUT2D eigenvalue weighted by atomic mass is 35.5. The van der Waals surface area contributed by atoms with Gasteiger partial charge in [0.2, 0.25) is 11.8 Å². The lowest BCUT2D eigenvalue weighted by atomic mass is 9.98. The highest BCUT2D eigenvalue weighted by Gasteiger charge is 2.37. The van der Waals surface area contributed by atoms with Crippen LogP contribution in [0.1, 0.15) is 38.5 Å². The molecule has 0 unspecified atom stereocenters. The molecule has 132 valence electrons. The van der Waals surface area contributed by atoms with E-state index in [4.69, 9.17) is 10.5 Å². The summed E-state index contributed by atoms with van der Waals surface area (Å²) < 4.78 is 5.35. The Morgan fingerprint density at radius 2 is 2.00 bits per heavy atom. The molecule has 1 aliphatic heterocycles. The molecule has 3 N–H and O–H groups in total. The van der Waals surface area contributed by atoms with Crippen LogP contribution in [0.15, 0.2) is 18.2 Å². The van der Waals surface area contributed by atoms with Gasteiger partial charge >= 0.3 is 0 Å². The summed E-state index contributed by atoms with van der Waals surface area (Å²) in [5.74, 6) is 0.554. The van der Waals surface area contributed by atoms with Crippen molar-refractivity contribution in [3.8, 4) is 5.75 Å². The van der Waals surface area contributed by atoms with Gasteiger partial charge in [0.15, 0.2) is 0 Å². The van der Waals surface area contributed by atoms with Gasteiger partial charge < -0.3 is 20.7 Å². The quantitative estimate of drug-likeness (QED) is 0.870. The molecule has 0 bridgehead atoms. The van der Waals surface area contributed by atoms with Gasteiger partial charge in [-0.3, -0.25) is 9.59 Å². The first-order chi connectivity index (χ1) is 11.0. The maximum absolute atomic E-state index is 12.4. The topological polar surface area (TPSA) is 84.7 Å². The van der Waals surface area contributed by atoms with Crippen LogP contribution in [0.5, 0.6) is 5.75 Å². The van der Waals surface area contributed by atoms with Gasteiger partial charge in [0.1, 0.15) is 5.75 Å². The number of benzene rings is 1. The lowest BCUT2D eigenvalue weighted by molar-refractivity contribution is -0.121. The minimum absolute atomic E-state index is 0. The molecule has 1 saturated carbocycles. The van der Waals surface area contributed by atoms with E-state index in [0.717, 1.165) is 19.3 Å². The SMILES string of the molecule is COc1ccc(NC(=O)C2(N)CCCC2)cc1N1CCCC1=O.Cl. The van der Waals surface area contributed by atoms with E-state index >= 15 is 0 Å². The average Bonchev–Trinajstić information content (AvgIpc) is 3.16. The zero-order chi connectivity index (χ0) is 16.4. The van der Waals surface area contributed by atoms with Crippen molar-refractivity contribution in [2.24, 2.45) is 5.73 Å². The molecule has 0 atom stereocenters. The van der Waals surface area contributed by atoms with E-state index in [1.807, 2.05) is 0 Å². The third-order valence-electron chi connectivity index (χ3n) is 4.75. The fourth-order valence-electron chi connectivity index (χ4n) is 3.37. The standard InChI is InChI=1S/C17H23N3O3.ClH/c1-23-14-7-6-12(11-13(14)20-10-4-5-15(20)21)19-16(22)17(18)8-2-3-9-17;/h6-7,11H,2-5,8-10,18H2,1H3,(H,19,22);1H. The lowest BCUT2D eigenvalue weighted by Gasteiger charge is -2.24. The van der Waals surface area contributed by atoms with E-state index in [1.165, 1.54) is 0 Å². The summed E-state index contributed by atoms with van der Waals surface area (Å²) in [6.07, 6.45) is 4.79. The van der Waals surface area contributed by atoms with Gasteiger partial charge in [-0.1, -0.05) is 12.8 Å². The Balaban J connectivity index is 0.00000208. The maximum atomic E-state index is 12.4. The largest absolute Gasteiger partial charge is 0.495 e. The second kappa shape index (κ2) is 7.40. The first-order valence-corrected chi connectivity index (χ1v) is 8.12. The molecule has 1 aromatic carbocycles. The summed E-state index contributed by atoms with van der Waals surface area (Å²) in [6, 6.07) is 5.34. The van der Waals surface area contributed by atoms with E-state index in [0.29, 0.717) is 42.9 Å². The number of methoxy groups -OCH3 is 1. The molecule has 2 fully saturated rings. The van der Waals surface area contributed by atoms with Crippen LogP contribution >= 0.6 is 12.4 Å². The Hall–Kier alpha value is -1.79. The summed E-state index contributed by atoms with van der Waals surface area (Å²) >= 11 is 0. The van der Waals surface area contributed by atoms with E-state index in [9.17, 15) is 9.59 Å². The van der Waals surface area contributed by atoms with Gasteiger partial charge in [-0.25, -0.2) is 0 Å². The Labute approximate surface area is 148 Å². The van der Waals surface area contributed by atoms with E-state index < -0.39 is 5.54 Å². The molecule has 7 heteroatoms. The van der Waals surface area contributed by atoms with E-state index in [-0.39, 0.29) is 24.2 Å². The normalized spacial score (nSPS) is 19.1. The molecule has 2 amide bonds. The molecule has 0 radical (unpaired) electrons. The molecule has 1 saturated heterocycles. The van der Waals surface area contributed by atoms with Gasteiger partial charge in [0.25, 0.3) is 0 Å². The van der Waals surface area contributed by atoms with Crippen molar-refractivity contribution in [2.75, 3.05) is 23.9 Å². The molecule has 24 heavy (non-hydrogen) atoms. The predicted octanol–water partition coefficient (Wildman–Crippen LogP) is 2.45. The molecule has 1 aliphatic carbocycles. The number of nitrogens with one attached hydrogen (secondary N) is 1. The second-order valence-corrected chi connectivity index (χ2v) is 6.35. The second-order valence-electron chi connectivity index (χ2n) is 6.35. The molecule has 3 rings (SSSR count). The zero-order valence-corrected chi connectivity index (χ0v) is 14.7. The molecule has 1 heterocycles. The number of carbonyl (C=O) groups excluding carboxylic acids is 2. The molecule has 1 aromatic rings. The summed E-state index contributed by atoms with van der Waals surface area (Å²) in [4.78, 5) is 26.2. The lowest BCUT2D eigenvalue weighted by Crippen LogP contribution is -2.48. The van der Waals surface area contributed by atoms with Gasteiger partial charge in [-0.05, 0) is 37.5 Å². The van der Waals surface area contributed by atoms with Gasteiger partial charge in [-0.2, -0.15) is 0 Å². The monoisotopic (exact) mass is 353 g/mol. The Morgan fingerprint density at radius 1 is 1.29 bits per heavy atom. The van der Waals surface area contributed by atoms with E-state index in [1.54, 1.807) is 30.2 Å². The van der Waals surface area contributed by atoms with Crippen molar-refractivity contribution in [1.29, 1.82) is 0 Å². The molecule has 0 aromatic heterocycles. The van der Waals surface area contributed by atoms with Crippen LogP contribution in [-0.2, 0) is 9.59 Å². The number of hydrogen-bond donors (Lipinski definition) is 2. The van der Waals surface area contributed by atoms with Crippen LogP contribution in [0.3, 0.4) is 0 Å². The van der Waals surface area contributed by atoms with E-state index in [2.05, 4.69) is 5.32 Å². The highest BCUT2D eigenvalue weighted by Crippen LogP contribution is 2.35. The minimum Gasteiger partial charge on any atom is -0.495 e. The summed E-state index contributed by atoms with van der Waals surface area (Å²) in [7, 11) is 1.57. The number of rotatable bonds is 4. The number of nitrogens with zero attached hydrogens (tertiary/aromatic N) is 1. The van der Waals surface area contributed by atoms with Crippen molar-refractivity contribution in [3.05, 3.63) is 18.2 Å². The van der Waals surface area contributed by atoms with Crippen LogP contribution in [-0.4, -0.2) is 31.0 Å². The third kappa shape index (κ3) is 3.49. The van der Waals surface area contributed by atoms with Gasteiger partial charge in [0.05, 0.1) is 18.3 Å². The molecule has 2 aliphatic rings. The number of anilines is 2. The van der Waals surface area contributed by atoms with Crippen molar-refractivity contribution >= 4 is 35.6 Å². The zero-order valence-electron chi connectivity index (χ0n) is 13.8. The number of hydrogen-bond acceptors (Lipinski definition) is 4. The van der Waals surface area contributed by atoms with Crippen LogP contribution < -0.4 is 20.7 Å². The van der Waals surface area contributed by atoms with Crippen molar-refractivity contribution in [2.45, 2.75) is 44.1 Å². The Morgan fingerprint density at radius 3 is 2.58 bits per heavy atom. The van der Waals surface area contributed by atoms with Gasteiger partial charge in [0, 0.05) is 18.7 Å². The predicted molar refractivity (Wildman–Crippen MR) is 95.8 cm³/mol. The molecule has 6 nitrogen and oxygen atoms in total. The van der Waals surface area contributed by atoms with Crippen molar-refractivity contribution < 1.29 is 14.3 Å². The van der Waals surface area contributed by atoms with Crippen LogP contribution in [0, 0.1) is 0 Å². The summed E-state index contributed by atoms with van der Waals surface area (Å²) in [6.45, 7) is 0.674. The van der Waals surface area contributed by atoms with Crippen LogP contribution in [0.4, 0.5) is 11.4 Å². The third-order valence-corrected chi connectivity index (χ3v) is 4.75. The van der Waals surface area contributed by atoms with Crippen LogP contribution in [0.25, 0.3) is 0 Å². The number of amides is 2. The fraction of sp³-hybridized carbons (Fsp3) is 0.529. The van der Waals surface area contributed by atoms with Crippen molar-refractivity contribution in [3.63, 3.8) is 0 Å². The maximum Gasteiger partial charge on any atom is 0.244 e. The van der Waals surface area contributed by atoms with Crippen LogP contribution in [0.2, 0.25) is 0 Å². The van der Waals surface area contributed by atoms with Gasteiger partial charge in [-0.15, -0.1) is 12.4 Å². The number of ether oxygens (including phenoxy) is 1. The number of carbonyl (C=O) groups is 2.